The molecule has 24 heteroatoms. The maximum atomic E-state index is 15.0. The number of hydrogen-bond donors (Lipinski definition) is 0. The summed E-state index contributed by atoms with van der Waals surface area (Å²) in [5.41, 5.74) is 1.65. The molecule has 8 aromatic rings. The summed E-state index contributed by atoms with van der Waals surface area (Å²) in [4.78, 5) is 79.3. The SMILES string of the molecule is C=CC(=O)N1C[C@H](C)N(c2nc(=O)n(-c3ccc(S(C)(=O)=O)cc3C(C)C)c3nc(-c4ccccc4F)c(Cl)cc23)C[C@H]1C.C=CC(=O)N1C[C@H](C)N(c2nc(=O)n(-c3ccc(S(C)(=O)=O)cc3C(C)C)c3nc(-c4ccccc4F)c(Cl)cc23)C[C@H]1C. The fourth-order valence-corrected chi connectivity index (χ4v) is 13.1. The van der Waals surface area contributed by atoms with Gasteiger partial charge in [0.1, 0.15) is 23.3 Å². The fraction of sp³-hybridized carbons (Fsp3) is 0.312. The fourth-order valence-electron chi connectivity index (χ4n) is 11.3. The van der Waals surface area contributed by atoms with Gasteiger partial charge < -0.3 is 19.6 Å². The molecule has 0 radical (unpaired) electrons. The van der Waals surface area contributed by atoms with Crippen molar-refractivity contribution in [2.45, 2.75) is 101 Å². The lowest BCUT2D eigenvalue weighted by molar-refractivity contribution is -0.129. The van der Waals surface area contributed by atoms with Crippen LogP contribution >= 0.6 is 23.2 Å². The number of hydrogen-bond acceptors (Lipinski definition) is 14. The molecule has 2 aliphatic heterocycles. The van der Waals surface area contributed by atoms with E-state index in [1.165, 1.54) is 45.6 Å². The molecular weight excluding hydrogens is 1210 g/mol. The molecule has 0 saturated carbocycles. The minimum Gasteiger partial charge on any atom is -0.349 e. The van der Waals surface area contributed by atoms with E-state index in [9.17, 15) is 44.8 Å². The number of nitrogens with zero attached hydrogens (tertiary/aromatic N) is 10. The molecular formula is C64H66Cl2F2N10O8S2. The lowest BCUT2D eigenvalue weighted by Gasteiger charge is -2.44. The lowest BCUT2D eigenvalue weighted by Crippen LogP contribution is -2.58. The first-order chi connectivity index (χ1) is 41.4. The van der Waals surface area contributed by atoms with E-state index in [4.69, 9.17) is 33.2 Å². The zero-order valence-corrected chi connectivity index (χ0v) is 53.3. The molecule has 0 spiro atoms. The van der Waals surface area contributed by atoms with Gasteiger partial charge in [-0.2, -0.15) is 9.97 Å². The Labute approximate surface area is 519 Å². The van der Waals surface area contributed by atoms with Gasteiger partial charge in [0, 0.05) is 74.0 Å². The average Bonchev–Trinajstić information content (AvgIpc) is 2.15. The number of pyridine rings is 2. The van der Waals surface area contributed by atoms with Gasteiger partial charge in [-0.05, 0) is 136 Å². The van der Waals surface area contributed by atoms with E-state index in [-0.39, 0.29) is 101 Å². The Morgan fingerprint density at radius 3 is 1.22 bits per heavy atom. The predicted octanol–water partition coefficient (Wildman–Crippen LogP) is 10.8. The Bertz CT molecular complexity index is 4240. The molecule has 2 aliphatic rings. The van der Waals surface area contributed by atoms with Crippen LogP contribution in [0, 0.1) is 11.6 Å². The maximum absolute atomic E-state index is 15.0. The zero-order valence-electron chi connectivity index (χ0n) is 50.2. The number of carbonyl (C=O) groups excluding carboxylic acids is 2. The summed E-state index contributed by atoms with van der Waals surface area (Å²) in [7, 11) is -7.05. The largest absolute Gasteiger partial charge is 0.355 e. The van der Waals surface area contributed by atoms with Crippen LogP contribution in [0.2, 0.25) is 10.0 Å². The predicted molar refractivity (Wildman–Crippen MR) is 342 cm³/mol. The van der Waals surface area contributed by atoms with Crippen LogP contribution in [0.5, 0.6) is 0 Å². The van der Waals surface area contributed by atoms with Crippen molar-refractivity contribution in [3.8, 4) is 33.9 Å². The first-order valence-corrected chi connectivity index (χ1v) is 32.8. The standard InChI is InChI=1S/2C32H33ClFN5O4S/c2*1-7-28(40)37-16-20(5)38(17-19(37)4)30-24-15-25(33)29(22-10-8-9-11-26(22)34)35-31(24)39(32(41)36-30)27-13-12-21(44(6,42)43)14-23(27)18(2)3/h2*7-15,18-20H,1,16-17H2,2-6H3/t2*19-,20+/m11/s1. The van der Waals surface area contributed by atoms with Gasteiger partial charge in [-0.15, -0.1) is 0 Å². The molecule has 0 aliphatic carbocycles. The Morgan fingerprint density at radius 2 is 0.898 bits per heavy atom. The topological polar surface area (TPSA) is 211 Å². The normalized spacial score (nSPS) is 17.4. The zero-order chi connectivity index (χ0) is 64.2. The molecule has 88 heavy (non-hydrogen) atoms. The van der Waals surface area contributed by atoms with Gasteiger partial charge in [0.05, 0.1) is 53.4 Å². The van der Waals surface area contributed by atoms with Crippen LogP contribution in [0.15, 0.2) is 142 Å². The Balaban J connectivity index is 0.000000209. The number of benzene rings is 4. The highest BCUT2D eigenvalue weighted by molar-refractivity contribution is 7.91. The number of halogens is 4. The quantitative estimate of drug-likeness (QED) is 0.104. The second-order valence-electron chi connectivity index (χ2n) is 22.8. The van der Waals surface area contributed by atoms with Gasteiger partial charge in [-0.1, -0.05) is 88.3 Å². The van der Waals surface area contributed by atoms with Gasteiger partial charge in [-0.25, -0.2) is 54.3 Å². The first-order valence-electron chi connectivity index (χ1n) is 28.3. The summed E-state index contributed by atoms with van der Waals surface area (Å²) in [6.07, 6.45) is 4.81. The Hall–Kier alpha value is -8.18. The molecule has 2 saturated heterocycles. The van der Waals surface area contributed by atoms with Crippen molar-refractivity contribution in [1.82, 2.24) is 38.9 Å². The number of amides is 2. The summed E-state index contributed by atoms with van der Waals surface area (Å²) in [6, 6.07) is 23.6. The van der Waals surface area contributed by atoms with E-state index in [1.807, 2.05) is 65.2 Å². The van der Waals surface area contributed by atoms with Crippen molar-refractivity contribution < 1.29 is 35.2 Å². The first kappa shape index (κ1) is 64.3. The number of fused-ring (bicyclic) bond motifs is 2. The summed E-state index contributed by atoms with van der Waals surface area (Å²) < 4.78 is 82.2. The number of sulfone groups is 2. The van der Waals surface area contributed by atoms with Crippen LogP contribution in [0.25, 0.3) is 56.0 Å². The molecule has 0 bridgehead atoms. The number of piperazine rings is 2. The summed E-state index contributed by atoms with van der Waals surface area (Å²) >= 11 is 13.5. The average molecular weight is 1280 g/mol. The van der Waals surface area contributed by atoms with E-state index in [0.29, 0.717) is 71.1 Å². The third kappa shape index (κ3) is 12.5. The highest BCUT2D eigenvalue weighted by atomic mass is 35.5. The maximum Gasteiger partial charge on any atom is 0.355 e. The van der Waals surface area contributed by atoms with E-state index in [1.54, 1.807) is 82.6 Å². The summed E-state index contributed by atoms with van der Waals surface area (Å²) in [5.74, 6) is -1.12. The number of rotatable bonds is 12. The van der Waals surface area contributed by atoms with Crippen LogP contribution in [0.4, 0.5) is 20.4 Å². The van der Waals surface area contributed by atoms with Gasteiger partial charge in [0.25, 0.3) is 0 Å². The Kier molecular flexibility index (Phi) is 18.4. The highest BCUT2D eigenvalue weighted by Gasteiger charge is 2.36. The van der Waals surface area contributed by atoms with Crippen LogP contribution in [0.3, 0.4) is 0 Å². The number of carbonyl (C=O) groups is 2. The molecule has 0 unspecified atom stereocenters. The molecule has 4 atom stereocenters. The van der Waals surface area contributed by atoms with Gasteiger partial charge in [0.15, 0.2) is 31.0 Å². The molecule has 10 rings (SSSR count). The van der Waals surface area contributed by atoms with Crippen LogP contribution in [-0.4, -0.2) is 130 Å². The minimum atomic E-state index is -3.53. The van der Waals surface area contributed by atoms with Crippen molar-refractivity contribution in [1.29, 1.82) is 0 Å². The molecule has 460 valence electrons. The summed E-state index contributed by atoms with van der Waals surface area (Å²) in [5, 5.41) is 1.21. The van der Waals surface area contributed by atoms with Crippen LogP contribution in [-0.2, 0) is 29.3 Å². The van der Waals surface area contributed by atoms with Crippen molar-refractivity contribution in [3.63, 3.8) is 0 Å². The monoisotopic (exact) mass is 1270 g/mol. The second-order valence-corrected chi connectivity index (χ2v) is 27.7. The van der Waals surface area contributed by atoms with Gasteiger partial charge >= 0.3 is 11.4 Å². The Morgan fingerprint density at radius 1 is 0.545 bits per heavy atom. The van der Waals surface area contributed by atoms with Crippen molar-refractivity contribution in [3.05, 3.63) is 176 Å². The van der Waals surface area contributed by atoms with Crippen molar-refractivity contribution in [2.24, 2.45) is 0 Å². The van der Waals surface area contributed by atoms with Crippen molar-refractivity contribution in [2.75, 3.05) is 48.5 Å². The van der Waals surface area contributed by atoms with Crippen LogP contribution < -0.4 is 21.2 Å². The molecule has 6 heterocycles. The molecule has 4 aromatic carbocycles. The smallest absolute Gasteiger partial charge is 0.349 e. The van der Waals surface area contributed by atoms with Crippen molar-refractivity contribution >= 4 is 88.4 Å². The molecule has 2 amide bonds. The minimum absolute atomic E-state index is 0.115. The molecule has 0 N–H and O–H groups in total. The van der Waals surface area contributed by atoms with E-state index in [0.717, 1.165) is 12.5 Å². The third-order valence-corrected chi connectivity index (χ3v) is 18.7. The van der Waals surface area contributed by atoms with E-state index < -0.39 is 42.7 Å². The van der Waals surface area contributed by atoms with Gasteiger partial charge in [0.2, 0.25) is 11.8 Å². The van der Waals surface area contributed by atoms with E-state index in [2.05, 4.69) is 23.1 Å². The van der Waals surface area contributed by atoms with Crippen LogP contribution in [0.1, 0.15) is 78.4 Å². The van der Waals surface area contributed by atoms with Gasteiger partial charge in [-0.3, -0.25) is 9.59 Å². The molecule has 4 aromatic heterocycles. The molecule has 2 fully saturated rings. The summed E-state index contributed by atoms with van der Waals surface area (Å²) in [6.45, 7) is 23.9. The molecule has 18 nitrogen and oxygen atoms in total. The number of aromatic nitrogens is 6. The highest BCUT2D eigenvalue weighted by Crippen LogP contribution is 2.39. The lowest BCUT2D eigenvalue weighted by atomic mass is 10.0. The third-order valence-electron chi connectivity index (χ3n) is 15.9. The number of anilines is 2. The second kappa shape index (κ2) is 25.1. The van der Waals surface area contributed by atoms with E-state index >= 15 is 0 Å².